The van der Waals surface area contributed by atoms with Crippen molar-refractivity contribution in [2.75, 3.05) is 18.5 Å². The summed E-state index contributed by atoms with van der Waals surface area (Å²) in [5.41, 5.74) is 1.58. The lowest BCUT2D eigenvalue weighted by atomic mass is 9.78. The van der Waals surface area contributed by atoms with Crippen molar-refractivity contribution in [3.63, 3.8) is 0 Å². The molecule has 2 N–H and O–H groups in total. The van der Waals surface area contributed by atoms with Crippen molar-refractivity contribution in [1.29, 1.82) is 0 Å². The Morgan fingerprint density at radius 3 is 2.81 bits per heavy atom. The minimum absolute atomic E-state index is 0.131. The summed E-state index contributed by atoms with van der Waals surface area (Å²) in [5.74, 6) is 1.86. The summed E-state index contributed by atoms with van der Waals surface area (Å²) in [6, 6.07) is 5.40. The van der Waals surface area contributed by atoms with E-state index in [0.717, 1.165) is 43.1 Å². The van der Waals surface area contributed by atoms with E-state index in [1.54, 1.807) is 6.20 Å². The molecule has 3 rings (SSSR count). The van der Waals surface area contributed by atoms with Crippen LogP contribution in [0, 0.1) is 11.3 Å². The van der Waals surface area contributed by atoms with Gasteiger partial charge in [-0.1, -0.05) is 27.7 Å². The zero-order valence-corrected chi connectivity index (χ0v) is 16.7. The zero-order valence-electron chi connectivity index (χ0n) is 16.7. The summed E-state index contributed by atoms with van der Waals surface area (Å²) >= 11 is 0. The Bertz CT molecular complexity index is 808. The van der Waals surface area contributed by atoms with E-state index in [9.17, 15) is 4.79 Å². The molecule has 1 saturated heterocycles. The van der Waals surface area contributed by atoms with Gasteiger partial charge in [-0.3, -0.25) is 4.79 Å². The number of anilines is 1. The fourth-order valence-corrected chi connectivity index (χ4v) is 3.71. The molecule has 0 radical (unpaired) electrons. The molecule has 0 aliphatic carbocycles. The molecular weight excluding hydrogens is 340 g/mol. The Balaban J connectivity index is 1.67. The highest BCUT2D eigenvalue weighted by molar-refractivity contribution is 5.55. The molecule has 0 aromatic carbocycles. The first kappa shape index (κ1) is 19.5. The predicted octanol–water partition coefficient (Wildman–Crippen LogP) is 3.65. The maximum atomic E-state index is 11.8. The van der Waals surface area contributed by atoms with E-state index in [1.807, 2.05) is 19.1 Å². The molecule has 1 fully saturated rings. The predicted molar refractivity (Wildman–Crippen MR) is 108 cm³/mol. The van der Waals surface area contributed by atoms with Gasteiger partial charge in [0.25, 0.3) is 5.56 Å². The maximum absolute atomic E-state index is 11.8. The number of nitrogens with zero attached hydrogens (tertiary/aromatic N) is 2. The smallest absolute Gasteiger partial charge is 0.251 e. The lowest BCUT2D eigenvalue weighted by Gasteiger charge is -2.40. The maximum Gasteiger partial charge on any atom is 0.251 e. The number of ether oxygens (including phenoxy) is 1. The Morgan fingerprint density at radius 1 is 1.33 bits per heavy atom. The summed E-state index contributed by atoms with van der Waals surface area (Å²) in [6.45, 7) is 10.4. The number of aromatic amines is 1. The van der Waals surface area contributed by atoms with Gasteiger partial charge in [0.15, 0.2) is 0 Å². The van der Waals surface area contributed by atoms with Crippen molar-refractivity contribution in [3.05, 3.63) is 40.4 Å². The van der Waals surface area contributed by atoms with E-state index in [0.29, 0.717) is 11.7 Å². The monoisotopic (exact) mass is 370 g/mol. The second kappa shape index (κ2) is 8.21. The second-order valence-corrected chi connectivity index (χ2v) is 8.31. The van der Waals surface area contributed by atoms with Crippen molar-refractivity contribution in [2.24, 2.45) is 11.3 Å². The Labute approximate surface area is 160 Å². The molecular formula is C21H30N4O2. The fourth-order valence-electron chi connectivity index (χ4n) is 3.71. The molecule has 1 aliphatic heterocycles. The van der Waals surface area contributed by atoms with Gasteiger partial charge in [0.05, 0.1) is 6.10 Å². The molecule has 0 spiro atoms. The molecule has 2 unspecified atom stereocenters. The number of rotatable bonds is 5. The highest BCUT2D eigenvalue weighted by Gasteiger charge is 2.35. The van der Waals surface area contributed by atoms with Gasteiger partial charge in [0.1, 0.15) is 11.6 Å². The van der Waals surface area contributed by atoms with Crippen molar-refractivity contribution < 1.29 is 4.74 Å². The van der Waals surface area contributed by atoms with E-state index in [2.05, 4.69) is 41.0 Å². The van der Waals surface area contributed by atoms with Crippen molar-refractivity contribution in [1.82, 2.24) is 15.0 Å². The van der Waals surface area contributed by atoms with Gasteiger partial charge in [-0.05, 0) is 36.8 Å². The topological polar surface area (TPSA) is 79.9 Å². The highest BCUT2D eigenvalue weighted by atomic mass is 16.5. The van der Waals surface area contributed by atoms with Crippen LogP contribution >= 0.6 is 0 Å². The minimum Gasteiger partial charge on any atom is -0.377 e. The van der Waals surface area contributed by atoms with Gasteiger partial charge in [0.2, 0.25) is 0 Å². The van der Waals surface area contributed by atoms with E-state index in [-0.39, 0.29) is 17.1 Å². The zero-order chi connectivity index (χ0) is 19.4. The highest BCUT2D eigenvalue weighted by Crippen LogP contribution is 2.34. The van der Waals surface area contributed by atoms with Gasteiger partial charge in [-0.15, -0.1) is 0 Å². The summed E-state index contributed by atoms with van der Waals surface area (Å²) in [7, 11) is 0. The number of H-pyrrole nitrogens is 1. The van der Waals surface area contributed by atoms with Crippen LogP contribution in [0.3, 0.4) is 0 Å². The normalized spacial score (nSPS) is 20.4. The average molecular weight is 370 g/mol. The van der Waals surface area contributed by atoms with Crippen LogP contribution in [-0.4, -0.2) is 34.2 Å². The van der Waals surface area contributed by atoms with Crippen LogP contribution in [0.25, 0.3) is 11.4 Å². The van der Waals surface area contributed by atoms with E-state index in [1.165, 1.54) is 12.5 Å². The molecule has 6 nitrogen and oxygen atoms in total. The van der Waals surface area contributed by atoms with Gasteiger partial charge in [0, 0.05) is 42.6 Å². The quantitative estimate of drug-likeness (QED) is 0.840. The first-order valence-electron chi connectivity index (χ1n) is 9.79. The summed E-state index contributed by atoms with van der Waals surface area (Å²) in [5, 5.41) is 3.45. The number of nitrogens with one attached hydrogen (secondary N) is 2. The van der Waals surface area contributed by atoms with Crippen molar-refractivity contribution in [2.45, 2.75) is 53.1 Å². The number of aromatic nitrogens is 3. The molecule has 2 aromatic heterocycles. The van der Waals surface area contributed by atoms with E-state index < -0.39 is 0 Å². The third-order valence-corrected chi connectivity index (χ3v) is 5.04. The number of hydrogen-bond donors (Lipinski definition) is 2. The fraction of sp³-hybridized carbons (Fsp3) is 0.571. The lowest BCUT2D eigenvalue weighted by Crippen LogP contribution is -2.42. The Morgan fingerprint density at radius 2 is 2.15 bits per heavy atom. The van der Waals surface area contributed by atoms with Crippen LogP contribution in [0.5, 0.6) is 0 Å². The third kappa shape index (κ3) is 4.95. The van der Waals surface area contributed by atoms with Crippen LogP contribution in [-0.2, 0) is 11.2 Å². The van der Waals surface area contributed by atoms with Crippen molar-refractivity contribution >= 4 is 5.82 Å². The van der Waals surface area contributed by atoms with E-state index >= 15 is 0 Å². The van der Waals surface area contributed by atoms with Crippen LogP contribution in [0.4, 0.5) is 5.82 Å². The molecule has 2 aromatic rings. The van der Waals surface area contributed by atoms with Gasteiger partial charge in [-0.2, -0.15) is 0 Å². The second-order valence-electron chi connectivity index (χ2n) is 8.31. The molecule has 146 valence electrons. The number of hydrogen-bond acceptors (Lipinski definition) is 5. The number of aryl methyl sites for hydroxylation is 1. The molecule has 27 heavy (non-hydrogen) atoms. The first-order valence-corrected chi connectivity index (χ1v) is 9.79. The Kier molecular flexibility index (Phi) is 5.95. The summed E-state index contributed by atoms with van der Waals surface area (Å²) in [6.07, 6.45) is 5.00. The summed E-state index contributed by atoms with van der Waals surface area (Å²) < 4.78 is 6.05. The van der Waals surface area contributed by atoms with Gasteiger partial charge < -0.3 is 15.0 Å². The molecule has 2 atom stereocenters. The van der Waals surface area contributed by atoms with Gasteiger partial charge >= 0.3 is 0 Å². The van der Waals surface area contributed by atoms with Gasteiger partial charge in [-0.25, -0.2) is 9.97 Å². The molecule has 3 heterocycles. The molecule has 0 saturated carbocycles. The van der Waals surface area contributed by atoms with Crippen LogP contribution in [0.15, 0.2) is 29.2 Å². The first-order chi connectivity index (χ1) is 12.9. The van der Waals surface area contributed by atoms with Crippen LogP contribution in [0.2, 0.25) is 0 Å². The van der Waals surface area contributed by atoms with E-state index in [4.69, 9.17) is 4.74 Å². The average Bonchev–Trinajstić information content (AvgIpc) is 2.65. The van der Waals surface area contributed by atoms with Crippen LogP contribution < -0.4 is 10.9 Å². The SMILES string of the molecule is CCc1cc(=O)[nH]c(-c2ccc(NCC3CCCOC3C(C)(C)C)nc2)n1. The molecule has 0 bridgehead atoms. The largest absolute Gasteiger partial charge is 0.377 e. The number of pyridine rings is 1. The molecule has 0 amide bonds. The Hall–Kier alpha value is -2.21. The summed E-state index contributed by atoms with van der Waals surface area (Å²) in [4.78, 5) is 23.5. The minimum atomic E-state index is -0.135. The standard InChI is InChI=1S/C21H30N4O2/c1-5-16-11-18(26)25-20(24-16)15-8-9-17(23-13-15)22-12-14-7-6-10-27-19(14)21(2,3)4/h8-9,11,13-14,19H,5-7,10,12H2,1-4H3,(H,22,23)(H,24,25,26). The molecule has 1 aliphatic rings. The third-order valence-electron chi connectivity index (χ3n) is 5.04. The van der Waals surface area contributed by atoms with Crippen molar-refractivity contribution in [3.8, 4) is 11.4 Å². The molecule has 6 heteroatoms. The van der Waals surface area contributed by atoms with Crippen LogP contribution in [0.1, 0.15) is 46.2 Å². The lowest BCUT2D eigenvalue weighted by molar-refractivity contribution is -0.0814.